The van der Waals surface area contributed by atoms with E-state index in [2.05, 4.69) is 4.98 Å². The third-order valence-corrected chi connectivity index (χ3v) is 3.84. The summed E-state index contributed by atoms with van der Waals surface area (Å²) in [5.74, 6) is 0. The Morgan fingerprint density at radius 3 is 2.21 bits per heavy atom. The third-order valence-electron chi connectivity index (χ3n) is 2.75. The van der Waals surface area contributed by atoms with Gasteiger partial charge < -0.3 is 0 Å². The lowest BCUT2D eigenvalue weighted by Gasteiger charge is -2.06. The lowest BCUT2D eigenvalue weighted by Crippen LogP contribution is -2.03. The molecule has 0 fully saturated rings. The Morgan fingerprint density at radius 2 is 1.58 bits per heavy atom. The molecule has 0 saturated heterocycles. The SMILES string of the molecule is FC(F)(F)c1ccc(-c2nc3ccccc3s2)cc1. The molecule has 0 radical (unpaired) electrons. The van der Waals surface area contributed by atoms with E-state index in [9.17, 15) is 13.2 Å². The largest absolute Gasteiger partial charge is 0.416 e. The Kier molecular flexibility index (Phi) is 2.78. The van der Waals surface area contributed by atoms with Gasteiger partial charge in [-0.05, 0) is 24.3 Å². The van der Waals surface area contributed by atoms with E-state index >= 15 is 0 Å². The molecule has 0 atom stereocenters. The number of hydrogen-bond donors (Lipinski definition) is 0. The Balaban J connectivity index is 2.02. The smallest absolute Gasteiger partial charge is 0.236 e. The van der Waals surface area contributed by atoms with Gasteiger partial charge in [0.05, 0.1) is 15.8 Å². The summed E-state index contributed by atoms with van der Waals surface area (Å²) in [4.78, 5) is 4.41. The molecular weight excluding hydrogens is 271 g/mol. The zero-order chi connectivity index (χ0) is 13.5. The maximum absolute atomic E-state index is 12.5. The van der Waals surface area contributed by atoms with Crippen LogP contribution in [0.2, 0.25) is 0 Å². The number of benzene rings is 2. The van der Waals surface area contributed by atoms with Gasteiger partial charge in [-0.1, -0.05) is 24.3 Å². The average Bonchev–Trinajstić information content (AvgIpc) is 2.81. The van der Waals surface area contributed by atoms with Crippen molar-refractivity contribution in [2.24, 2.45) is 0 Å². The van der Waals surface area contributed by atoms with Crippen LogP contribution in [0.3, 0.4) is 0 Å². The summed E-state index contributed by atoms with van der Waals surface area (Å²) in [6, 6.07) is 12.7. The van der Waals surface area contributed by atoms with Gasteiger partial charge in [0.2, 0.25) is 0 Å². The number of fused-ring (bicyclic) bond motifs is 1. The normalized spacial score (nSPS) is 11.9. The standard InChI is InChI=1S/C14H8F3NS/c15-14(16,17)10-7-5-9(6-8-10)13-18-11-3-1-2-4-12(11)19-13/h1-8H. The first-order valence-electron chi connectivity index (χ1n) is 5.57. The van der Waals surface area contributed by atoms with Crippen LogP contribution in [0.15, 0.2) is 48.5 Å². The topological polar surface area (TPSA) is 12.9 Å². The summed E-state index contributed by atoms with van der Waals surface area (Å²) >= 11 is 1.47. The molecule has 0 aliphatic rings. The molecule has 0 aliphatic carbocycles. The number of thiazole rings is 1. The van der Waals surface area contributed by atoms with Crippen LogP contribution in [0.25, 0.3) is 20.8 Å². The van der Waals surface area contributed by atoms with Crippen molar-refractivity contribution in [1.29, 1.82) is 0 Å². The molecule has 0 unspecified atom stereocenters. The summed E-state index contributed by atoms with van der Waals surface area (Å²) in [6.07, 6.45) is -4.30. The predicted molar refractivity (Wildman–Crippen MR) is 70.1 cm³/mol. The molecule has 0 amide bonds. The maximum Gasteiger partial charge on any atom is 0.416 e. The van der Waals surface area contributed by atoms with Crippen LogP contribution in [0.1, 0.15) is 5.56 Å². The van der Waals surface area contributed by atoms with Crippen LogP contribution in [0.4, 0.5) is 13.2 Å². The Bertz CT molecular complexity index is 680. The number of rotatable bonds is 1. The van der Waals surface area contributed by atoms with Gasteiger partial charge >= 0.3 is 6.18 Å². The molecule has 0 bridgehead atoms. The van der Waals surface area contributed by atoms with Crippen LogP contribution in [-0.4, -0.2) is 4.98 Å². The second-order valence-corrected chi connectivity index (χ2v) is 5.09. The molecule has 96 valence electrons. The van der Waals surface area contributed by atoms with Crippen LogP contribution in [-0.2, 0) is 6.18 Å². The van der Waals surface area contributed by atoms with E-state index in [4.69, 9.17) is 0 Å². The first-order chi connectivity index (χ1) is 9.04. The molecule has 2 aromatic carbocycles. The van der Waals surface area contributed by atoms with Gasteiger partial charge in [-0.2, -0.15) is 13.2 Å². The van der Waals surface area contributed by atoms with E-state index in [1.165, 1.54) is 23.5 Å². The molecule has 1 aromatic heterocycles. The lowest BCUT2D eigenvalue weighted by molar-refractivity contribution is -0.137. The molecule has 0 spiro atoms. The van der Waals surface area contributed by atoms with Gasteiger partial charge in [0.1, 0.15) is 5.01 Å². The molecule has 1 nitrogen and oxygen atoms in total. The predicted octanol–water partition coefficient (Wildman–Crippen LogP) is 4.98. The molecule has 1 heterocycles. The molecule has 0 aliphatic heterocycles. The van der Waals surface area contributed by atoms with E-state index < -0.39 is 11.7 Å². The van der Waals surface area contributed by atoms with E-state index in [1.54, 1.807) is 0 Å². The molecule has 3 rings (SSSR count). The van der Waals surface area contributed by atoms with Crippen LogP contribution < -0.4 is 0 Å². The molecule has 19 heavy (non-hydrogen) atoms. The van der Waals surface area contributed by atoms with Crippen molar-refractivity contribution < 1.29 is 13.2 Å². The maximum atomic E-state index is 12.5. The number of para-hydroxylation sites is 1. The first-order valence-corrected chi connectivity index (χ1v) is 6.39. The highest BCUT2D eigenvalue weighted by atomic mass is 32.1. The van der Waals surface area contributed by atoms with Crippen LogP contribution in [0.5, 0.6) is 0 Å². The quantitative estimate of drug-likeness (QED) is 0.612. The number of aromatic nitrogens is 1. The fourth-order valence-corrected chi connectivity index (χ4v) is 2.77. The van der Waals surface area contributed by atoms with Crippen LogP contribution >= 0.6 is 11.3 Å². The fourth-order valence-electron chi connectivity index (χ4n) is 1.80. The lowest BCUT2D eigenvalue weighted by atomic mass is 10.1. The Labute approximate surface area is 111 Å². The molecular formula is C14H8F3NS. The molecule has 5 heteroatoms. The van der Waals surface area contributed by atoms with Crippen LogP contribution in [0, 0.1) is 0 Å². The molecule has 3 aromatic rings. The van der Waals surface area contributed by atoms with Crippen molar-refractivity contribution in [3.63, 3.8) is 0 Å². The van der Waals surface area contributed by atoms with E-state index in [0.29, 0.717) is 5.56 Å². The molecule has 0 saturated carbocycles. The Morgan fingerprint density at radius 1 is 0.895 bits per heavy atom. The van der Waals surface area contributed by atoms with E-state index in [1.807, 2.05) is 24.3 Å². The van der Waals surface area contributed by atoms with Crippen molar-refractivity contribution in [3.05, 3.63) is 54.1 Å². The summed E-state index contributed by atoms with van der Waals surface area (Å²) in [5.41, 5.74) is 0.925. The highest BCUT2D eigenvalue weighted by molar-refractivity contribution is 7.21. The number of hydrogen-bond acceptors (Lipinski definition) is 2. The number of nitrogens with zero attached hydrogens (tertiary/aromatic N) is 1. The van der Waals surface area contributed by atoms with Gasteiger partial charge in [-0.3, -0.25) is 0 Å². The van der Waals surface area contributed by atoms with Crippen molar-refractivity contribution >= 4 is 21.6 Å². The highest BCUT2D eigenvalue weighted by Gasteiger charge is 2.30. The second-order valence-electron chi connectivity index (χ2n) is 4.06. The summed E-state index contributed by atoms with van der Waals surface area (Å²) in [7, 11) is 0. The first kappa shape index (κ1) is 12.2. The molecule has 0 N–H and O–H groups in total. The zero-order valence-corrected chi connectivity index (χ0v) is 10.4. The minimum atomic E-state index is -4.30. The minimum absolute atomic E-state index is 0.641. The van der Waals surface area contributed by atoms with Crippen molar-refractivity contribution in [2.45, 2.75) is 6.18 Å². The van der Waals surface area contributed by atoms with Gasteiger partial charge in [0, 0.05) is 5.56 Å². The van der Waals surface area contributed by atoms with Gasteiger partial charge in [-0.25, -0.2) is 4.98 Å². The van der Waals surface area contributed by atoms with Gasteiger partial charge in [-0.15, -0.1) is 11.3 Å². The van der Waals surface area contributed by atoms with E-state index in [-0.39, 0.29) is 0 Å². The summed E-state index contributed by atoms with van der Waals surface area (Å²) in [6.45, 7) is 0. The summed E-state index contributed by atoms with van der Waals surface area (Å²) < 4.78 is 38.5. The highest BCUT2D eigenvalue weighted by Crippen LogP contribution is 2.33. The minimum Gasteiger partial charge on any atom is -0.236 e. The fraction of sp³-hybridized carbons (Fsp3) is 0.0714. The zero-order valence-electron chi connectivity index (χ0n) is 9.61. The van der Waals surface area contributed by atoms with Gasteiger partial charge in [0.25, 0.3) is 0 Å². The van der Waals surface area contributed by atoms with Crippen molar-refractivity contribution in [1.82, 2.24) is 4.98 Å². The van der Waals surface area contributed by atoms with Gasteiger partial charge in [0.15, 0.2) is 0 Å². The second kappa shape index (κ2) is 4.35. The van der Waals surface area contributed by atoms with Crippen molar-refractivity contribution in [2.75, 3.05) is 0 Å². The Hall–Kier alpha value is -1.88. The number of halogens is 3. The van der Waals surface area contributed by atoms with Crippen molar-refractivity contribution in [3.8, 4) is 10.6 Å². The summed E-state index contributed by atoms with van der Waals surface area (Å²) in [5, 5.41) is 0.731. The number of alkyl halides is 3. The third kappa shape index (κ3) is 2.33. The monoisotopic (exact) mass is 279 g/mol. The average molecular weight is 279 g/mol. The van der Waals surface area contributed by atoms with E-state index in [0.717, 1.165) is 27.4 Å².